The molecule has 0 aromatic heterocycles. The van der Waals surface area contributed by atoms with Gasteiger partial charge in [0.2, 0.25) is 0 Å². The van der Waals surface area contributed by atoms with Crippen LogP contribution in [0.1, 0.15) is 209 Å². The smallest absolute Gasteiger partial charge is 0.306 e. The third kappa shape index (κ3) is 9.79. The number of unbranched alkanes of at least 4 members (excludes halogenated alkanes) is 12. The van der Waals surface area contributed by atoms with Crippen molar-refractivity contribution in [3.63, 3.8) is 0 Å². The fraction of sp³-hybridized carbons (Fsp3) is 0.977. The Bertz CT molecular complexity index is 879. The van der Waals surface area contributed by atoms with Crippen molar-refractivity contribution in [2.75, 3.05) is 0 Å². The standard InChI is InChI=1S/C44H80O2/c1-8-9-10-11-12-13-14-15-16-17-18-19-20-21-42(45)46-37-28-30-43(6)36(32-37)24-25-38-40-27-26-39(44(40,7)31-29-41(38)43)35(5)23-22-34(4)33(2)3/h33-41H,8-32H2,1-7H3/t34-,35+,36-,37-,38-,39+,40-,41-,43-,44+/m0/s1. The van der Waals surface area contributed by atoms with Crippen LogP contribution in [-0.4, -0.2) is 12.1 Å². The fourth-order valence-electron chi connectivity index (χ4n) is 11.9. The Balaban J connectivity index is 1.13. The van der Waals surface area contributed by atoms with E-state index >= 15 is 0 Å². The van der Waals surface area contributed by atoms with Crippen LogP contribution in [0.2, 0.25) is 0 Å². The highest BCUT2D eigenvalue weighted by molar-refractivity contribution is 5.69. The molecule has 0 saturated heterocycles. The second-order valence-corrected chi connectivity index (χ2v) is 18.5. The molecule has 4 aliphatic carbocycles. The minimum absolute atomic E-state index is 0.0905. The summed E-state index contributed by atoms with van der Waals surface area (Å²) >= 11 is 0. The molecule has 268 valence electrons. The van der Waals surface area contributed by atoms with E-state index in [9.17, 15) is 4.79 Å². The molecule has 4 fully saturated rings. The van der Waals surface area contributed by atoms with Gasteiger partial charge in [0.25, 0.3) is 0 Å². The van der Waals surface area contributed by atoms with Gasteiger partial charge in [0.15, 0.2) is 0 Å². The molecule has 0 unspecified atom stereocenters. The Kier molecular flexibility index (Phi) is 15.4. The molecule has 46 heavy (non-hydrogen) atoms. The van der Waals surface area contributed by atoms with Crippen LogP contribution in [0, 0.1) is 58.2 Å². The van der Waals surface area contributed by atoms with Gasteiger partial charge in [0, 0.05) is 6.42 Å². The van der Waals surface area contributed by atoms with Crippen LogP contribution in [0.25, 0.3) is 0 Å². The summed E-state index contributed by atoms with van der Waals surface area (Å²) < 4.78 is 6.17. The number of rotatable bonds is 20. The Morgan fingerprint density at radius 2 is 1.26 bits per heavy atom. The average molecular weight is 641 g/mol. The van der Waals surface area contributed by atoms with Gasteiger partial charge >= 0.3 is 5.97 Å². The minimum atomic E-state index is 0.0905. The highest BCUT2D eigenvalue weighted by Gasteiger charge is 2.60. The predicted octanol–water partition coefficient (Wildman–Crippen LogP) is 13.7. The van der Waals surface area contributed by atoms with Crippen molar-refractivity contribution in [1.82, 2.24) is 0 Å². The summed E-state index contributed by atoms with van der Waals surface area (Å²) in [5.41, 5.74) is 1.05. The summed E-state index contributed by atoms with van der Waals surface area (Å²) in [6.07, 6.45) is 33.4. The maximum Gasteiger partial charge on any atom is 0.306 e. The van der Waals surface area contributed by atoms with E-state index in [0.717, 1.165) is 66.6 Å². The van der Waals surface area contributed by atoms with Gasteiger partial charge in [-0.05, 0) is 122 Å². The Labute approximate surface area is 288 Å². The first kappa shape index (κ1) is 38.3. The van der Waals surface area contributed by atoms with Gasteiger partial charge in [0.1, 0.15) is 6.10 Å². The van der Waals surface area contributed by atoms with E-state index in [1.807, 2.05) is 0 Å². The normalized spacial score (nSPS) is 35.3. The summed E-state index contributed by atoms with van der Waals surface area (Å²) in [4.78, 5) is 12.8. The topological polar surface area (TPSA) is 26.3 Å². The first-order valence-corrected chi connectivity index (χ1v) is 21.3. The third-order valence-electron chi connectivity index (χ3n) is 15.4. The van der Waals surface area contributed by atoms with Crippen molar-refractivity contribution >= 4 is 5.97 Å². The van der Waals surface area contributed by atoms with Gasteiger partial charge in [-0.1, -0.05) is 138 Å². The number of fused-ring (bicyclic) bond motifs is 5. The number of ether oxygens (including phenoxy) is 1. The van der Waals surface area contributed by atoms with Crippen molar-refractivity contribution < 1.29 is 9.53 Å². The maximum absolute atomic E-state index is 12.8. The summed E-state index contributed by atoms with van der Waals surface area (Å²) in [6, 6.07) is 0. The second kappa shape index (κ2) is 18.5. The average Bonchev–Trinajstić information content (AvgIpc) is 3.39. The van der Waals surface area contributed by atoms with Crippen molar-refractivity contribution in [2.45, 2.75) is 215 Å². The monoisotopic (exact) mass is 641 g/mol. The number of carbonyl (C=O) groups is 1. The number of carbonyl (C=O) groups excluding carboxylic acids is 1. The highest BCUT2D eigenvalue weighted by atomic mass is 16.5. The molecule has 0 bridgehead atoms. The van der Waals surface area contributed by atoms with Crippen molar-refractivity contribution in [3.05, 3.63) is 0 Å². The van der Waals surface area contributed by atoms with E-state index in [-0.39, 0.29) is 12.1 Å². The fourth-order valence-corrected chi connectivity index (χ4v) is 11.9. The first-order valence-electron chi connectivity index (χ1n) is 21.3. The van der Waals surface area contributed by atoms with Crippen molar-refractivity contribution in [1.29, 1.82) is 0 Å². The zero-order chi connectivity index (χ0) is 33.2. The predicted molar refractivity (Wildman–Crippen MR) is 198 cm³/mol. The molecule has 0 N–H and O–H groups in total. The Morgan fingerprint density at radius 3 is 1.89 bits per heavy atom. The molecular weight excluding hydrogens is 560 g/mol. The number of hydrogen-bond acceptors (Lipinski definition) is 2. The minimum Gasteiger partial charge on any atom is -0.462 e. The molecule has 0 aliphatic heterocycles. The van der Waals surface area contributed by atoms with Crippen molar-refractivity contribution in [2.24, 2.45) is 58.2 Å². The molecule has 2 nitrogen and oxygen atoms in total. The molecule has 4 aliphatic rings. The number of hydrogen-bond donors (Lipinski definition) is 0. The van der Waals surface area contributed by atoms with E-state index in [4.69, 9.17) is 4.74 Å². The van der Waals surface area contributed by atoms with Crippen LogP contribution in [0.3, 0.4) is 0 Å². The van der Waals surface area contributed by atoms with E-state index in [1.165, 1.54) is 135 Å². The molecule has 0 heterocycles. The SMILES string of the molecule is CCCCCCCCCCCCCCCC(=O)O[C@H]1CC[C@@]2(C)[C@@H](CC[C@@H]3[C@@H]2CC[C@]2(C)[C@@H]([C@H](C)CC[C@H](C)C(C)C)CC[C@@H]32)C1. The lowest BCUT2D eigenvalue weighted by molar-refractivity contribution is -0.162. The zero-order valence-electron chi connectivity index (χ0n) is 32.2. The maximum atomic E-state index is 12.8. The van der Waals surface area contributed by atoms with Crippen LogP contribution >= 0.6 is 0 Å². The van der Waals surface area contributed by atoms with E-state index < -0.39 is 0 Å². The van der Waals surface area contributed by atoms with Gasteiger partial charge in [-0.2, -0.15) is 0 Å². The lowest BCUT2D eigenvalue weighted by atomic mass is 9.44. The van der Waals surface area contributed by atoms with Gasteiger partial charge < -0.3 is 4.74 Å². The summed E-state index contributed by atoms with van der Waals surface area (Å²) in [7, 11) is 0. The lowest BCUT2D eigenvalue weighted by Crippen LogP contribution is -2.54. The van der Waals surface area contributed by atoms with Gasteiger partial charge in [-0.25, -0.2) is 0 Å². The molecule has 0 radical (unpaired) electrons. The molecule has 4 saturated carbocycles. The van der Waals surface area contributed by atoms with Crippen LogP contribution in [0.4, 0.5) is 0 Å². The largest absolute Gasteiger partial charge is 0.462 e. The molecule has 0 spiro atoms. The molecule has 0 amide bonds. The van der Waals surface area contributed by atoms with Crippen LogP contribution in [0.5, 0.6) is 0 Å². The number of esters is 1. The van der Waals surface area contributed by atoms with Crippen molar-refractivity contribution in [3.8, 4) is 0 Å². The molecule has 10 atom stereocenters. The van der Waals surface area contributed by atoms with Crippen LogP contribution in [0.15, 0.2) is 0 Å². The third-order valence-corrected chi connectivity index (χ3v) is 15.4. The molecule has 0 aromatic carbocycles. The second-order valence-electron chi connectivity index (χ2n) is 18.5. The van der Waals surface area contributed by atoms with Crippen LogP contribution < -0.4 is 0 Å². The summed E-state index contributed by atoms with van der Waals surface area (Å²) in [6.45, 7) is 17.6. The van der Waals surface area contributed by atoms with Gasteiger partial charge in [0.05, 0.1) is 0 Å². The highest BCUT2D eigenvalue weighted by Crippen LogP contribution is 2.68. The zero-order valence-corrected chi connectivity index (χ0v) is 32.2. The van der Waals surface area contributed by atoms with Gasteiger partial charge in [-0.3, -0.25) is 4.79 Å². The quantitative estimate of drug-likeness (QED) is 0.0977. The van der Waals surface area contributed by atoms with Gasteiger partial charge in [-0.15, -0.1) is 0 Å². The Hall–Kier alpha value is -0.530. The molecule has 0 aromatic rings. The van der Waals surface area contributed by atoms with Crippen LogP contribution in [-0.2, 0) is 9.53 Å². The Morgan fingerprint density at radius 1 is 0.674 bits per heavy atom. The van der Waals surface area contributed by atoms with E-state index in [0.29, 0.717) is 17.3 Å². The van der Waals surface area contributed by atoms with E-state index in [1.54, 1.807) is 0 Å². The van der Waals surface area contributed by atoms with E-state index in [2.05, 4.69) is 48.5 Å². The molecular formula is C44H80O2. The first-order chi connectivity index (χ1) is 22.1. The lowest BCUT2D eigenvalue weighted by Gasteiger charge is -2.61. The summed E-state index contributed by atoms with van der Waals surface area (Å²) in [5.74, 6) is 7.14. The molecule has 4 rings (SSSR count). The summed E-state index contributed by atoms with van der Waals surface area (Å²) in [5, 5.41) is 0. The molecule has 2 heteroatoms.